The van der Waals surface area contributed by atoms with Crippen LogP contribution in [-0.4, -0.2) is 24.5 Å². The van der Waals surface area contributed by atoms with E-state index in [4.69, 9.17) is 0 Å². The molecule has 21 heavy (non-hydrogen) atoms. The van der Waals surface area contributed by atoms with Gasteiger partial charge in [0.25, 0.3) is 0 Å². The molecule has 2 amide bonds. The Labute approximate surface area is 127 Å². The highest BCUT2D eigenvalue weighted by Crippen LogP contribution is 2.38. The molecule has 2 rings (SSSR count). The maximum atomic E-state index is 11.7. The summed E-state index contributed by atoms with van der Waals surface area (Å²) in [5.41, 5.74) is 3.61. The van der Waals surface area contributed by atoms with Gasteiger partial charge >= 0.3 is 6.03 Å². The van der Waals surface area contributed by atoms with E-state index in [2.05, 4.69) is 50.5 Å². The highest BCUT2D eigenvalue weighted by Gasteiger charge is 2.29. The van der Waals surface area contributed by atoms with Gasteiger partial charge in [-0.1, -0.05) is 39.8 Å². The van der Waals surface area contributed by atoms with E-state index in [-0.39, 0.29) is 11.4 Å². The van der Waals surface area contributed by atoms with Crippen molar-refractivity contribution in [1.82, 2.24) is 10.2 Å². The molecular formula is C17H27N3O. The minimum absolute atomic E-state index is 0.0348. The Morgan fingerprint density at radius 1 is 1.38 bits per heavy atom. The molecule has 1 aromatic carbocycles. The average Bonchev–Trinajstić information content (AvgIpc) is 2.45. The Balaban J connectivity index is 2.35. The molecule has 0 radical (unpaired) electrons. The summed E-state index contributed by atoms with van der Waals surface area (Å²) in [6.07, 6.45) is 1.11. The fourth-order valence-electron chi connectivity index (χ4n) is 2.84. The van der Waals surface area contributed by atoms with E-state index in [1.54, 1.807) is 4.90 Å². The summed E-state index contributed by atoms with van der Waals surface area (Å²) in [6.45, 7) is 10.6. The van der Waals surface area contributed by atoms with Crippen molar-refractivity contribution in [2.24, 2.45) is 5.41 Å². The van der Waals surface area contributed by atoms with Crippen LogP contribution in [-0.2, 0) is 6.54 Å². The first-order valence-corrected chi connectivity index (χ1v) is 7.77. The second-order valence-corrected chi connectivity index (χ2v) is 6.54. The fraction of sp³-hybridized carbons (Fsp3) is 0.588. The standard InChI is InChI=1S/C17H27N3O/c1-6-17(3,4)15(18-7-2)12-8-9-14-13(10-12)11-20(5)16(21)19-14/h8-10,15,18H,6-7,11H2,1-5H3,(H,19,21). The lowest BCUT2D eigenvalue weighted by molar-refractivity contribution is 0.218. The van der Waals surface area contributed by atoms with Gasteiger partial charge in [0.2, 0.25) is 0 Å². The molecule has 0 spiro atoms. The molecule has 0 aliphatic carbocycles. The molecule has 0 aromatic heterocycles. The molecule has 0 saturated heterocycles. The second kappa shape index (κ2) is 6.06. The summed E-state index contributed by atoms with van der Waals surface area (Å²) in [5.74, 6) is 0. The van der Waals surface area contributed by atoms with Crippen molar-refractivity contribution in [3.8, 4) is 0 Å². The predicted octanol–water partition coefficient (Wildman–Crippen LogP) is 3.75. The minimum atomic E-state index is -0.0348. The van der Waals surface area contributed by atoms with Gasteiger partial charge in [-0.2, -0.15) is 0 Å². The zero-order valence-corrected chi connectivity index (χ0v) is 13.8. The normalized spacial score (nSPS) is 16.4. The highest BCUT2D eigenvalue weighted by molar-refractivity contribution is 5.92. The fourth-order valence-corrected chi connectivity index (χ4v) is 2.84. The number of carbonyl (C=O) groups is 1. The Morgan fingerprint density at radius 3 is 2.71 bits per heavy atom. The Morgan fingerprint density at radius 2 is 2.10 bits per heavy atom. The SMILES string of the molecule is CCNC(c1ccc2c(c1)CN(C)C(=O)N2)C(C)(C)CC. The molecule has 116 valence electrons. The molecule has 4 nitrogen and oxygen atoms in total. The number of anilines is 1. The Kier molecular flexibility index (Phi) is 4.57. The molecule has 1 atom stereocenters. The third kappa shape index (κ3) is 3.21. The first-order valence-electron chi connectivity index (χ1n) is 7.77. The maximum Gasteiger partial charge on any atom is 0.321 e. The number of nitrogens with zero attached hydrogens (tertiary/aromatic N) is 1. The quantitative estimate of drug-likeness (QED) is 0.867. The maximum absolute atomic E-state index is 11.7. The van der Waals surface area contributed by atoms with E-state index >= 15 is 0 Å². The number of urea groups is 1. The summed E-state index contributed by atoms with van der Waals surface area (Å²) in [5, 5.41) is 6.54. The van der Waals surface area contributed by atoms with Gasteiger partial charge in [-0.15, -0.1) is 0 Å². The van der Waals surface area contributed by atoms with E-state index in [0.29, 0.717) is 12.6 Å². The van der Waals surface area contributed by atoms with Crippen LogP contribution in [0.2, 0.25) is 0 Å². The van der Waals surface area contributed by atoms with Crippen LogP contribution >= 0.6 is 0 Å². The number of carbonyl (C=O) groups excluding carboxylic acids is 1. The van der Waals surface area contributed by atoms with Gasteiger partial charge in [0.15, 0.2) is 0 Å². The highest BCUT2D eigenvalue weighted by atomic mass is 16.2. The van der Waals surface area contributed by atoms with Crippen LogP contribution in [0.1, 0.15) is 51.3 Å². The number of rotatable bonds is 5. The zero-order valence-electron chi connectivity index (χ0n) is 13.8. The average molecular weight is 289 g/mol. The molecule has 1 aliphatic rings. The van der Waals surface area contributed by atoms with Crippen molar-refractivity contribution < 1.29 is 4.79 Å². The third-order valence-electron chi connectivity index (χ3n) is 4.56. The van der Waals surface area contributed by atoms with E-state index in [1.165, 1.54) is 11.1 Å². The Bertz CT molecular complexity index is 525. The van der Waals surface area contributed by atoms with Gasteiger partial charge in [-0.05, 0) is 35.6 Å². The third-order valence-corrected chi connectivity index (χ3v) is 4.56. The molecule has 1 unspecified atom stereocenters. The summed E-state index contributed by atoms with van der Waals surface area (Å²) in [7, 11) is 1.82. The van der Waals surface area contributed by atoms with E-state index in [9.17, 15) is 4.79 Å². The van der Waals surface area contributed by atoms with Crippen molar-refractivity contribution in [3.05, 3.63) is 29.3 Å². The van der Waals surface area contributed by atoms with Crippen LogP contribution < -0.4 is 10.6 Å². The van der Waals surface area contributed by atoms with Gasteiger partial charge in [0.1, 0.15) is 0 Å². The molecule has 0 fully saturated rings. The lowest BCUT2D eigenvalue weighted by Crippen LogP contribution is -2.36. The van der Waals surface area contributed by atoms with Gasteiger partial charge in [0.05, 0.1) is 0 Å². The number of fused-ring (bicyclic) bond motifs is 1. The van der Waals surface area contributed by atoms with Crippen molar-refractivity contribution in [2.75, 3.05) is 18.9 Å². The molecule has 1 heterocycles. The van der Waals surface area contributed by atoms with Crippen LogP contribution in [0.3, 0.4) is 0 Å². The smallest absolute Gasteiger partial charge is 0.321 e. The number of nitrogens with one attached hydrogen (secondary N) is 2. The second-order valence-electron chi connectivity index (χ2n) is 6.54. The monoisotopic (exact) mass is 289 g/mol. The van der Waals surface area contributed by atoms with Crippen LogP contribution in [0.4, 0.5) is 10.5 Å². The summed E-state index contributed by atoms with van der Waals surface area (Å²) < 4.78 is 0. The first-order chi connectivity index (χ1) is 9.89. The number of benzene rings is 1. The van der Waals surface area contributed by atoms with Crippen LogP contribution in [0.5, 0.6) is 0 Å². The van der Waals surface area contributed by atoms with Crippen molar-refractivity contribution in [3.63, 3.8) is 0 Å². The molecule has 2 N–H and O–H groups in total. The topological polar surface area (TPSA) is 44.4 Å². The lowest BCUT2D eigenvalue weighted by Gasteiger charge is -2.35. The summed E-state index contributed by atoms with van der Waals surface area (Å²) >= 11 is 0. The van der Waals surface area contributed by atoms with E-state index in [0.717, 1.165) is 18.7 Å². The van der Waals surface area contributed by atoms with E-state index < -0.39 is 0 Å². The molecule has 0 saturated carbocycles. The molecule has 1 aliphatic heterocycles. The van der Waals surface area contributed by atoms with Gasteiger partial charge in [0, 0.05) is 25.3 Å². The number of hydrogen-bond acceptors (Lipinski definition) is 2. The lowest BCUT2D eigenvalue weighted by atomic mass is 9.78. The van der Waals surface area contributed by atoms with Gasteiger partial charge in [-0.25, -0.2) is 4.79 Å². The van der Waals surface area contributed by atoms with Crippen LogP contribution in [0.25, 0.3) is 0 Å². The van der Waals surface area contributed by atoms with Crippen molar-refractivity contribution in [1.29, 1.82) is 0 Å². The van der Waals surface area contributed by atoms with E-state index in [1.807, 2.05) is 13.1 Å². The summed E-state index contributed by atoms with van der Waals surface area (Å²) in [4.78, 5) is 13.4. The van der Waals surface area contributed by atoms with Crippen molar-refractivity contribution >= 4 is 11.7 Å². The largest absolute Gasteiger partial charge is 0.323 e. The zero-order chi connectivity index (χ0) is 15.6. The molecule has 0 bridgehead atoms. The Hall–Kier alpha value is -1.55. The number of hydrogen-bond donors (Lipinski definition) is 2. The predicted molar refractivity (Wildman–Crippen MR) is 87.4 cm³/mol. The van der Waals surface area contributed by atoms with Crippen molar-refractivity contribution in [2.45, 2.75) is 46.7 Å². The summed E-state index contributed by atoms with van der Waals surface area (Å²) in [6, 6.07) is 6.68. The minimum Gasteiger partial charge on any atom is -0.323 e. The van der Waals surface area contributed by atoms with Crippen LogP contribution in [0.15, 0.2) is 18.2 Å². The first kappa shape index (κ1) is 15.8. The van der Waals surface area contributed by atoms with Gasteiger partial charge in [-0.3, -0.25) is 0 Å². The molecular weight excluding hydrogens is 262 g/mol. The molecule has 4 heteroatoms. The van der Waals surface area contributed by atoms with Gasteiger partial charge < -0.3 is 15.5 Å². The molecule has 1 aromatic rings. The van der Waals surface area contributed by atoms with Crippen LogP contribution in [0, 0.1) is 5.41 Å². The number of amides is 2.